The van der Waals surface area contributed by atoms with E-state index in [2.05, 4.69) is 11.9 Å². The van der Waals surface area contributed by atoms with Crippen LogP contribution in [-0.4, -0.2) is 36.4 Å². The Balaban J connectivity index is 1.54. The van der Waals surface area contributed by atoms with E-state index in [1.54, 1.807) is 24.3 Å². The number of amides is 2. The summed E-state index contributed by atoms with van der Waals surface area (Å²) in [5.74, 6) is 0.730. The van der Waals surface area contributed by atoms with Gasteiger partial charge in [0, 0.05) is 35.2 Å². The van der Waals surface area contributed by atoms with E-state index >= 15 is 0 Å². The van der Waals surface area contributed by atoms with Gasteiger partial charge in [0.2, 0.25) is 5.91 Å². The van der Waals surface area contributed by atoms with Crippen molar-refractivity contribution in [3.05, 3.63) is 76.3 Å². The number of nitrogens with one attached hydrogen (secondary N) is 1. The number of nitrogens with zero attached hydrogens (tertiary/aromatic N) is 1. The maximum Gasteiger partial charge on any atom is 0.254 e. The second kappa shape index (κ2) is 10.5. The van der Waals surface area contributed by atoms with Crippen molar-refractivity contribution in [3.63, 3.8) is 0 Å². The molecule has 0 aromatic heterocycles. The Labute approximate surface area is 186 Å². The predicted molar refractivity (Wildman–Crippen MR) is 119 cm³/mol. The van der Waals surface area contributed by atoms with Crippen LogP contribution in [0, 0.1) is 5.92 Å². The molecule has 5 nitrogen and oxygen atoms in total. The Morgan fingerprint density at radius 1 is 1.13 bits per heavy atom. The van der Waals surface area contributed by atoms with Gasteiger partial charge in [-0.05, 0) is 54.7 Å². The molecular formula is C23H24Cl2N2O3. The highest BCUT2D eigenvalue weighted by atomic mass is 35.5. The van der Waals surface area contributed by atoms with E-state index in [9.17, 15) is 9.59 Å². The van der Waals surface area contributed by atoms with Gasteiger partial charge in [-0.1, -0.05) is 48.0 Å². The fraction of sp³-hybridized carbons (Fsp3) is 0.304. The van der Waals surface area contributed by atoms with Gasteiger partial charge >= 0.3 is 0 Å². The molecule has 0 atom stereocenters. The van der Waals surface area contributed by atoms with Gasteiger partial charge in [0.15, 0.2) is 0 Å². The zero-order valence-electron chi connectivity index (χ0n) is 16.6. The molecule has 0 bridgehead atoms. The summed E-state index contributed by atoms with van der Waals surface area (Å²) in [6.45, 7) is 5.62. The Hall–Kier alpha value is -2.50. The third-order valence-corrected chi connectivity index (χ3v) is 5.55. The van der Waals surface area contributed by atoms with Gasteiger partial charge in [-0.25, -0.2) is 0 Å². The Morgan fingerprint density at radius 3 is 2.47 bits per heavy atom. The number of likely N-dealkylation sites (tertiary alicyclic amines) is 1. The summed E-state index contributed by atoms with van der Waals surface area (Å²) >= 11 is 12.0. The molecule has 1 aliphatic heterocycles. The number of rotatable bonds is 7. The number of halogens is 2. The van der Waals surface area contributed by atoms with Gasteiger partial charge < -0.3 is 15.0 Å². The van der Waals surface area contributed by atoms with Gasteiger partial charge in [-0.15, -0.1) is 0 Å². The second-order valence-electron chi connectivity index (χ2n) is 7.23. The summed E-state index contributed by atoms with van der Waals surface area (Å²) in [5.41, 5.74) is 1.41. The van der Waals surface area contributed by atoms with Gasteiger partial charge in [0.25, 0.3) is 5.91 Å². The van der Waals surface area contributed by atoms with Crippen molar-refractivity contribution in [1.29, 1.82) is 0 Å². The molecule has 1 fully saturated rings. The lowest BCUT2D eigenvalue weighted by molar-refractivity contribution is -0.116. The van der Waals surface area contributed by atoms with Gasteiger partial charge in [0.05, 0.1) is 6.61 Å². The van der Waals surface area contributed by atoms with Crippen LogP contribution in [0.15, 0.2) is 55.1 Å². The summed E-state index contributed by atoms with van der Waals surface area (Å²) in [4.78, 5) is 26.3. The largest absolute Gasteiger partial charge is 0.493 e. The maximum atomic E-state index is 13.0. The summed E-state index contributed by atoms with van der Waals surface area (Å²) in [7, 11) is 0. The highest BCUT2D eigenvalue weighted by Gasteiger charge is 2.25. The molecule has 1 aliphatic rings. The first-order valence-corrected chi connectivity index (χ1v) is 10.6. The molecule has 0 unspecified atom stereocenters. The van der Waals surface area contributed by atoms with Crippen LogP contribution in [-0.2, 0) is 11.3 Å². The normalized spacial score (nSPS) is 14.3. The van der Waals surface area contributed by atoms with Crippen LogP contribution in [0.25, 0.3) is 0 Å². The molecular weight excluding hydrogens is 423 g/mol. The lowest BCUT2D eigenvalue weighted by atomic mass is 9.96. The smallest absolute Gasteiger partial charge is 0.254 e. The molecule has 0 radical (unpaired) electrons. The number of hydrogen-bond acceptors (Lipinski definition) is 3. The summed E-state index contributed by atoms with van der Waals surface area (Å²) in [6.07, 6.45) is 2.93. The first-order valence-electron chi connectivity index (χ1n) is 9.82. The fourth-order valence-electron chi connectivity index (χ4n) is 3.44. The molecule has 7 heteroatoms. The number of benzene rings is 2. The Morgan fingerprint density at radius 2 is 1.80 bits per heavy atom. The minimum Gasteiger partial charge on any atom is -0.493 e. The van der Waals surface area contributed by atoms with E-state index in [1.165, 1.54) is 6.08 Å². The Kier molecular flexibility index (Phi) is 7.77. The average molecular weight is 447 g/mol. The van der Waals surface area contributed by atoms with Crippen molar-refractivity contribution in [3.8, 4) is 5.75 Å². The molecule has 30 heavy (non-hydrogen) atoms. The van der Waals surface area contributed by atoms with Crippen LogP contribution in [0.5, 0.6) is 5.75 Å². The lowest BCUT2D eigenvalue weighted by Gasteiger charge is -2.32. The van der Waals surface area contributed by atoms with Gasteiger partial charge in [-0.3, -0.25) is 9.59 Å². The van der Waals surface area contributed by atoms with Crippen molar-refractivity contribution in [2.75, 3.05) is 19.7 Å². The summed E-state index contributed by atoms with van der Waals surface area (Å²) < 4.78 is 5.85. The molecule has 0 saturated carbocycles. The molecule has 1 saturated heterocycles. The number of hydrogen-bond donors (Lipinski definition) is 1. The van der Waals surface area contributed by atoms with E-state index in [4.69, 9.17) is 27.9 Å². The minimum absolute atomic E-state index is 0.0144. The highest BCUT2D eigenvalue weighted by Crippen LogP contribution is 2.26. The highest BCUT2D eigenvalue weighted by molar-refractivity contribution is 6.34. The van der Waals surface area contributed by atoms with E-state index in [-0.39, 0.29) is 11.8 Å². The summed E-state index contributed by atoms with van der Waals surface area (Å²) in [5, 5.41) is 3.82. The topological polar surface area (TPSA) is 58.6 Å². The van der Waals surface area contributed by atoms with Crippen LogP contribution in [0.3, 0.4) is 0 Å². The molecule has 158 valence electrons. The van der Waals surface area contributed by atoms with Crippen LogP contribution in [0.4, 0.5) is 0 Å². The second-order valence-corrected chi connectivity index (χ2v) is 8.10. The van der Waals surface area contributed by atoms with Crippen LogP contribution < -0.4 is 10.1 Å². The van der Waals surface area contributed by atoms with Crippen LogP contribution in [0.2, 0.25) is 10.0 Å². The molecule has 0 spiro atoms. The van der Waals surface area contributed by atoms with E-state index < -0.39 is 0 Å². The first-order chi connectivity index (χ1) is 14.5. The zero-order valence-corrected chi connectivity index (χ0v) is 18.1. The monoisotopic (exact) mass is 446 g/mol. The van der Waals surface area contributed by atoms with Gasteiger partial charge in [0.1, 0.15) is 5.75 Å². The molecule has 1 N–H and O–H groups in total. The first kappa shape index (κ1) is 22.2. The minimum atomic E-state index is -0.265. The fourth-order valence-corrected chi connectivity index (χ4v) is 3.94. The quantitative estimate of drug-likeness (QED) is 0.625. The lowest BCUT2D eigenvalue weighted by Crippen LogP contribution is -2.40. The molecule has 2 aromatic carbocycles. The Bertz CT molecular complexity index is 904. The number of ether oxygens (including phenoxy) is 1. The predicted octanol–water partition coefficient (Wildman–Crippen LogP) is 4.73. The molecule has 3 rings (SSSR count). The summed E-state index contributed by atoms with van der Waals surface area (Å²) in [6, 6.07) is 12.5. The third kappa shape index (κ3) is 6.00. The maximum absolute atomic E-state index is 13.0. The zero-order chi connectivity index (χ0) is 21.5. The van der Waals surface area contributed by atoms with Crippen LogP contribution in [0.1, 0.15) is 28.8 Å². The van der Waals surface area contributed by atoms with E-state index in [0.717, 1.165) is 18.4 Å². The standard InChI is InChI=1S/C23H24Cl2N2O3/c1-2-22(28)26-14-17-5-3-4-6-21(17)23(29)27-9-7-16(8-10-27)15-30-20-12-18(24)11-19(25)13-20/h2-6,11-13,16H,1,7-10,14-15H2,(H,26,28). The average Bonchev–Trinajstić information content (AvgIpc) is 2.75. The van der Waals surface area contributed by atoms with Crippen molar-refractivity contribution in [2.24, 2.45) is 5.92 Å². The van der Waals surface area contributed by atoms with Crippen molar-refractivity contribution in [1.82, 2.24) is 10.2 Å². The van der Waals surface area contributed by atoms with E-state index in [0.29, 0.717) is 53.5 Å². The number of carbonyl (C=O) groups is 2. The van der Waals surface area contributed by atoms with Crippen molar-refractivity contribution in [2.45, 2.75) is 19.4 Å². The van der Waals surface area contributed by atoms with E-state index in [1.807, 2.05) is 23.1 Å². The molecule has 1 heterocycles. The van der Waals surface area contributed by atoms with Crippen molar-refractivity contribution >= 4 is 35.0 Å². The molecule has 0 aliphatic carbocycles. The molecule has 2 aromatic rings. The SMILES string of the molecule is C=CC(=O)NCc1ccccc1C(=O)N1CCC(COc2cc(Cl)cc(Cl)c2)CC1. The number of piperidine rings is 1. The third-order valence-electron chi connectivity index (χ3n) is 5.11. The van der Waals surface area contributed by atoms with Crippen LogP contribution >= 0.6 is 23.2 Å². The van der Waals surface area contributed by atoms with Crippen molar-refractivity contribution < 1.29 is 14.3 Å². The number of carbonyl (C=O) groups excluding carboxylic acids is 2. The molecule has 2 amide bonds. The van der Waals surface area contributed by atoms with Gasteiger partial charge in [-0.2, -0.15) is 0 Å².